The number of rotatable bonds is 4. The molecule has 1 saturated heterocycles. The van der Waals surface area contributed by atoms with E-state index in [0.29, 0.717) is 6.04 Å². The number of thiophene rings is 1. The Morgan fingerprint density at radius 3 is 3.00 bits per heavy atom. The van der Waals surface area contributed by atoms with Crippen LogP contribution in [0.1, 0.15) is 44.1 Å². The van der Waals surface area contributed by atoms with Gasteiger partial charge in [0.15, 0.2) is 0 Å². The highest BCUT2D eigenvalue weighted by Gasteiger charge is 2.41. The van der Waals surface area contributed by atoms with Gasteiger partial charge in [-0.3, -0.25) is 0 Å². The molecular formula is C16H25NOS. The van der Waals surface area contributed by atoms with Crippen LogP contribution in [-0.2, 0) is 11.2 Å². The Kier molecular flexibility index (Phi) is 4.25. The summed E-state index contributed by atoms with van der Waals surface area (Å²) < 4.78 is 6.16. The van der Waals surface area contributed by atoms with Gasteiger partial charge in [0, 0.05) is 12.6 Å². The van der Waals surface area contributed by atoms with Crippen molar-refractivity contribution in [1.82, 2.24) is 5.32 Å². The maximum atomic E-state index is 6.16. The molecule has 1 saturated carbocycles. The fourth-order valence-corrected chi connectivity index (χ4v) is 4.63. The van der Waals surface area contributed by atoms with Crippen LogP contribution in [0.4, 0.5) is 0 Å². The van der Waals surface area contributed by atoms with Crippen LogP contribution in [0.3, 0.4) is 0 Å². The number of nitrogens with one attached hydrogen (secondary N) is 1. The van der Waals surface area contributed by atoms with Crippen LogP contribution in [0.25, 0.3) is 0 Å². The molecule has 0 aromatic carbocycles. The highest BCUT2D eigenvalue weighted by Crippen LogP contribution is 2.43. The molecule has 0 radical (unpaired) electrons. The van der Waals surface area contributed by atoms with Crippen molar-refractivity contribution in [3.8, 4) is 0 Å². The fourth-order valence-electron chi connectivity index (χ4n) is 3.94. The maximum absolute atomic E-state index is 6.16. The Hall–Kier alpha value is -0.380. The lowest BCUT2D eigenvalue weighted by molar-refractivity contribution is -0.0975. The zero-order valence-corrected chi connectivity index (χ0v) is 12.7. The van der Waals surface area contributed by atoms with Crippen molar-refractivity contribution in [1.29, 1.82) is 0 Å². The van der Waals surface area contributed by atoms with Crippen LogP contribution in [0.15, 0.2) is 16.8 Å². The van der Waals surface area contributed by atoms with E-state index in [1.165, 1.54) is 50.5 Å². The van der Waals surface area contributed by atoms with Crippen molar-refractivity contribution in [2.75, 3.05) is 13.7 Å². The van der Waals surface area contributed by atoms with E-state index in [1.54, 1.807) is 11.3 Å². The molecule has 2 aliphatic rings. The molecule has 2 heterocycles. The smallest absolute Gasteiger partial charge is 0.0685 e. The highest BCUT2D eigenvalue weighted by molar-refractivity contribution is 7.07. The molecule has 1 aliphatic carbocycles. The Morgan fingerprint density at radius 1 is 1.47 bits per heavy atom. The lowest BCUT2D eigenvalue weighted by Gasteiger charge is -2.41. The van der Waals surface area contributed by atoms with E-state index in [9.17, 15) is 0 Å². The topological polar surface area (TPSA) is 21.3 Å². The minimum atomic E-state index is 0.243. The van der Waals surface area contributed by atoms with Crippen LogP contribution in [0.2, 0.25) is 0 Å². The van der Waals surface area contributed by atoms with E-state index in [2.05, 4.69) is 29.2 Å². The second-order valence-electron chi connectivity index (χ2n) is 6.22. The quantitative estimate of drug-likeness (QED) is 0.909. The SMILES string of the molecule is CNC(Cc1ccsc1)C1CCOC2(CCCC2)C1. The first-order valence-electron chi connectivity index (χ1n) is 7.64. The molecule has 1 spiro atoms. The summed E-state index contributed by atoms with van der Waals surface area (Å²) in [6.07, 6.45) is 8.96. The molecule has 2 atom stereocenters. The standard InChI is InChI=1S/C16H25NOS/c1-17-15(10-13-5-9-19-12-13)14-4-8-18-16(11-14)6-2-3-7-16/h5,9,12,14-15,17H,2-4,6-8,10-11H2,1H3. The first kappa shape index (κ1) is 13.6. The molecule has 3 heteroatoms. The first-order chi connectivity index (χ1) is 9.31. The Morgan fingerprint density at radius 2 is 2.32 bits per heavy atom. The van der Waals surface area contributed by atoms with Gasteiger partial charge < -0.3 is 10.1 Å². The van der Waals surface area contributed by atoms with Crippen molar-refractivity contribution in [3.63, 3.8) is 0 Å². The molecule has 2 fully saturated rings. The molecule has 1 aromatic heterocycles. The van der Waals surface area contributed by atoms with Gasteiger partial charge in [0.25, 0.3) is 0 Å². The van der Waals surface area contributed by atoms with E-state index in [4.69, 9.17) is 4.74 Å². The third kappa shape index (κ3) is 3.04. The van der Waals surface area contributed by atoms with Gasteiger partial charge in [-0.05, 0) is 67.5 Å². The van der Waals surface area contributed by atoms with Gasteiger partial charge in [-0.25, -0.2) is 0 Å². The predicted octanol–water partition coefficient (Wildman–Crippen LogP) is 3.62. The molecule has 0 bridgehead atoms. The average Bonchev–Trinajstić information content (AvgIpc) is 3.08. The minimum absolute atomic E-state index is 0.243. The van der Waals surface area contributed by atoms with Gasteiger partial charge in [-0.2, -0.15) is 11.3 Å². The third-order valence-corrected chi connectivity index (χ3v) is 5.75. The van der Waals surface area contributed by atoms with Gasteiger partial charge in [0.05, 0.1) is 5.60 Å². The third-order valence-electron chi connectivity index (χ3n) is 5.02. The van der Waals surface area contributed by atoms with Gasteiger partial charge in [-0.15, -0.1) is 0 Å². The summed E-state index contributed by atoms with van der Waals surface area (Å²) >= 11 is 1.81. The molecule has 2 unspecified atom stereocenters. The molecule has 106 valence electrons. The largest absolute Gasteiger partial charge is 0.375 e. The van der Waals surface area contributed by atoms with E-state index in [-0.39, 0.29) is 5.60 Å². The van der Waals surface area contributed by atoms with Gasteiger partial charge in [-0.1, -0.05) is 12.8 Å². The summed E-state index contributed by atoms with van der Waals surface area (Å²) in [7, 11) is 2.12. The van der Waals surface area contributed by atoms with Crippen molar-refractivity contribution >= 4 is 11.3 Å². The van der Waals surface area contributed by atoms with E-state index >= 15 is 0 Å². The van der Waals surface area contributed by atoms with E-state index < -0.39 is 0 Å². The lowest BCUT2D eigenvalue weighted by atomic mass is 9.79. The highest BCUT2D eigenvalue weighted by atomic mass is 32.1. The Balaban J connectivity index is 1.65. The number of likely N-dealkylation sites (N-methyl/N-ethyl adjacent to an activating group) is 1. The fraction of sp³-hybridized carbons (Fsp3) is 0.750. The summed E-state index contributed by atoms with van der Waals surface area (Å²) in [4.78, 5) is 0. The van der Waals surface area contributed by atoms with Crippen LogP contribution in [0.5, 0.6) is 0 Å². The molecule has 1 aliphatic heterocycles. The molecule has 3 rings (SSSR count). The number of ether oxygens (including phenoxy) is 1. The van der Waals surface area contributed by atoms with Crippen molar-refractivity contribution in [3.05, 3.63) is 22.4 Å². The number of hydrogen-bond acceptors (Lipinski definition) is 3. The molecule has 0 amide bonds. The Labute approximate surface area is 120 Å². The van der Waals surface area contributed by atoms with Crippen molar-refractivity contribution in [2.45, 2.75) is 56.6 Å². The van der Waals surface area contributed by atoms with E-state index in [0.717, 1.165) is 12.5 Å². The Bertz CT molecular complexity index is 383. The molecular weight excluding hydrogens is 254 g/mol. The summed E-state index contributed by atoms with van der Waals surface area (Å²) in [5, 5.41) is 8.04. The summed E-state index contributed by atoms with van der Waals surface area (Å²) in [6.45, 7) is 0.965. The van der Waals surface area contributed by atoms with E-state index in [1.807, 2.05) is 0 Å². The second-order valence-corrected chi connectivity index (χ2v) is 7.00. The minimum Gasteiger partial charge on any atom is -0.375 e. The van der Waals surface area contributed by atoms with Crippen molar-refractivity contribution < 1.29 is 4.74 Å². The number of hydrogen-bond donors (Lipinski definition) is 1. The van der Waals surface area contributed by atoms with Crippen LogP contribution < -0.4 is 5.32 Å². The predicted molar refractivity (Wildman–Crippen MR) is 80.7 cm³/mol. The van der Waals surface area contributed by atoms with Crippen LogP contribution in [0, 0.1) is 5.92 Å². The average molecular weight is 279 g/mol. The normalized spacial score (nSPS) is 27.7. The first-order valence-corrected chi connectivity index (χ1v) is 8.58. The van der Waals surface area contributed by atoms with Gasteiger partial charge in [0.2, 0.25) is 0 Å². The summed E-state index contributed by atoms with van der Waals surface area (Å²) in [5.74, 6) is 0.775. The van der Waals surface area contributed by atoms with Crippen LogP contribution in [-0.4, -0.2) is 25.3 Å². The summed E-state index contributed by atoms with van der Waals surface area (Å²) in [6, 6.07) is 2.87. The van der Waals surface area contributed by atoms with Gasteiger partial charge >= 0.3 is 0 Å². The zero-order chi connectivity index (χ0) is 13.1. The molecule has 19 heavy (non-hydrogen) atoms. The second kappa shape index (κ2) is 5.94. The maximum Gasteiger partial charge on any atom is 0.0685 e. The molecule has 1 aromatic rings. The van der Waals surface area contributed by atoms with Crippen molar-refractivity contribution in [2.24, 2.45) is 5.92 Å². The summed E-state index contributed by atoms with van der Waals surface area (Å²) in [5.41, 5.74) is 1.73. The molecule has 1 N–H and O–H groups in total. The monoisotopic (exact) mass is 279 g/mol. The molecule has 2 nitrogen and oxygen atoms in total. The van der Waals surface area contributed by atoms with Crippen LogP contribution >= 0.6 is 11.3 Å². The van der Waals surface area contributed by atoms with Gasteiger partial charge in [0.1, 0.15) is 0 Å². The lowest BCUT2D eigenvalue weighted by Crippen LogP contribution is -2.45. The zero-order valence-electron chi connectivity index (χ0n) is 11.9.